The highest BCUT2D eigenvalue weighted by molar-refractivity contribution is 5.86. The number of nitrogens with zero attached hydrogens (tertiary/aromatic N) is 2. The van der Waals surface area contributed by atoms with Crippen LogP contribution in [-0.2, 0) is 0 Å². The molecule has 84 valence electrons. The lowest BCUT2D eigenvalue weighted by Crippen LogP contribution is -2.19. The van der Waals surface area contributed by atoms with Gasteiger partial charge in [-0.05, 0) is 6.42 Å². The molecule has 0 aliphatic rings. The van der Waals surface area contributed by atoms with E-state index in [0.29, 0.717) is 12.2 Å². The Balaban J connectivity index is 2.77. The number of aromatic nitrogens is 2. The molecule has 0 aliphatic carbocycles. The third kappa shape index (κ3) is 3.24. The third-order valence-electron chi connectivity index (χ3n) is 2.10. The maximum Gasteiger partial charge on any atom is 0.354 e. The Morgan fingerprint density at radius 1 is 1.69 bits per heavy atom. The molecule has 1 heterocycles. The third-order valence-corrected chi connectivity index (χ3v) is 2.10. The van der Waals surface area contributed by atoms with E-state index < -0.39 is 5.97 Å². The van der Waals surface area contributed by atoms with Crippen molar-refractivity contribution in [1.29, 1.82) is 0 Å². The second-order valence-corrected chi connectivity index (χ2v) is 3.25. The van der Waals surface area contributed by atoms with Gasteiger partial charge in [-0.1, -0.05) is 6.92 Å². The maximum atomic E-state index is 10.7. The van der Waals surface area contributed by atoms with E-state index in [1.165, 1.54) is 12.4 Å². The quantitative estimate of drug-likeness (QED) is 0.732. The van der Waals surface area contributed by atoms with Crippen LogP contribution in [0.5, 0.6) is 0 Å². The first kappa shape index (κ1) is 12.0. The number of carboxylic acids is 1. The topological polar surface area (TPSA) is 75.1 Å². The van der Waals surface area contributed by atoms with Gasteiger partial charge in [-0.2, -0.15) is 0 Å². The van der Waals surface area contributed by atoms with Crippen LogP contribution in [-0.4, -0.2) is 27.1 Å². The van der Waals surface area contributed by atoms with Crippen molar-refractivity contribution in [2.75, 3.05) is 5.32 Å². The summed E-state index contributed by atoms with van der Waals surface area (Å²) in [6, 6.07) is 1.49. The van der Waals surface area contributed by atoms with E-state index in [4.69, 9.17) is 11.5 Å². The number of terminal acetylenes is 1. The highest BCUT2D eigenvalue weighted by Gasteiger charge is 2.09. The second kappa shape index (κ2) is 5.71. The predicted octanol–water partition coefficient (Wildman–Crippen LogP) is 1.39. The molecule has 0 radical (unpaired) electrons. The zero-order valence-electron chi connectivity index (χ0n) is 8.97. The number of anilines is 1. The second-order valence-electron chi connectivity index (χ2n) is 3.25. The summed E-state index contributed by atoms with van der Waals surface area (Å²) >= 11 is 0. The van der Waals surface area contributed by atoms with Gasteiger partial charge in [-0.25, -0.2) is 14.8 Å². The van der Waals surface area contributed by atoms with Crippen LogP contribution in [0.3, 0.4) is 0 Å². The number of hydrogen-bond donors (Lipinski definition) is 2. The number of rotatable bonds is 5. The summed E-state index contributed by atoms with van der Waals surface area (Å²) < 4.78 is 0. The van der Waals surface area contributed by atoms with Crippen molar-refractivity contribution in [3.8, 4) is 12.3 Å². The molecule has 0 bridgehead atoms. The Kier molecular flexibility index (Phi) is 4.28. The maximum absolute atomic E-state index is 10.7. The number of aromatic carboxylic acids is 1. The summed E-state index contributed by atoms with van der Waals surface area (Å²) in [6.07, 6.45) is 7.85. The molecule has 0 aromatic carbocycles. The fourth-order valence-electron chi connectivity index (χ4n) is 1.20. The average molecular weight is 219 g/mol. The summed E-state index contributed by atoms with van der Waals surface area (Å²) in [5.74, 6) is 1.96. The molecule has 1 atom stereocenters. The lowest BCUT2D eigenvalue weighted by Gasteiger charge is -2.14. The van der Waals surface area contributed by atoms with Gasteiger partial charge < -0.3 is 10.4 Å². The van der Waals surface area contributed by atoms with E-state index in [9.17, 15) is 4.79 Å². The number of carbonyl (C=O) groups is 1. The Morgan fingerprint density at radius 2 is 2.44 bits per heavy atom. The molecule has 5 nitrogen and oxygen atoms in total. The van der Waals surface area contributed by atoms with Crippen molar-refractivity contribution in [2.24, 2.45) is 0 Å². The Morgan fingerprint density at radius 3 is 3.00 bits per heavy atom. The molecule has 0 saturated carbocycles. The van der Waals surface area contributed by atoms with E-state index >= 15 is 0 Å². The molecule has 1 aromatic rings. The van der Waals surface area contributed by atoms with Gasteiger partial charge in [0.25, 0.3) is 0 Å². The Bertz CT molecular complexity index is 412. The average Bonchev–Trinajstić information content (AvgIpc) is 2.29. The van der Waals surface area contributed by atoms with Crippen LogP contribution in [0.4, 0.5) is 5.82 Å². The van der Waals surface area contributed by atoms with Crippen molar-refractivity contribution in [1.82, 2.24) is 9.97 Å². The molecule has 0 aliphatic heterocycles. The SMILES string of the molecule is C#CCC(CC)Nc1cc(C(=O)O)ncn1. The number of nitrogens with one attached hydrogen (secondary N) is 1. The molecule has 0 saturated heterocycles. The van der Waals surface area contributed by atoms with Gasteiger partial charge in [0.2, 0.25) is 0 Å². The molecule has 1 rings (SSSR count). The van der Waals surface area contributed by atoms with Crippen molar-refractivity contribution in [2.45, 2.75) is 25.8 Å². The summed E-state index contributed by atoms with van der Waals surface area (Å²) in [5, 5.41) is 11.8. The molecular formula is C11H13N3O2. The highest BCUT2D eigenvalue weighted by atomic mass is 16.4. The first-order chi connectivity index (χ1) is 7.67. The van der Waals surface area contributed by atoms with Crippen LogP contribution in [0, 0.1) is 12.3 Å². The van der Waals surface area contributed by atoms with E-state index in [0.717, 1.165) is 6.42 Å². The van der Waals surface area contributed by atoms with Gasteiger partial charge >= 0.3 is 5.97 Å². The predicted molar refractivity (Wildman–Crippen MR) is 60.1 cm³/mol. The smallest absolute Gasteiger partial charge is 0.354 e. The largest absolute Gasteiger partial charge is 0.477 e. The van der Waals surface area contributed by atoms with Crippen molar-refractivity contribution in [3.63, 3.8) is 0 Å². The van der Waals surface area contributed by atoms with Crippen LogP contribution >= 0.6 is 0 Å². The van der Waals surface area contributed by atoms with Gasteiger partial charge in [0.15, 0.2) is 5.69 Å². The minimum atomic E-state index is -1.07. The van der Waals surface area contributed by atoms with E-state index in [1.807, 2.05) is 6.92 Å². The monoisotopic (exact) mass is 219 g/mol. The molecule has 2 N–H and O–H groups in total. The molecular weight excluding hydrogens is 206 g/mol. The van der Waals surface area contributed by atoms with Gasteiger partial charge in [-0.3, -0.25) is 0 Å². The zero-order chi connectivity index (χ0) is 12.0. The van der Waals surface area contributed by atoms with Gasteiger partial charge in [0, 0.05) is 18.5 Å². The minimum Gasteiger partial charge on any atom is -0.477 e. The van der Waals surface area contributed by atoms with E-state index in [2.05, 4.69) is 21.2 Å². The molecule has 0 fully saturated rings. The normalized spacial score (nSPS) is 11.5. The fourth-order valence-corrected chi connectivity index (χ4v) is 1.20. The highest BCUT2D eigenvalue weighted by Crippen LogP contribution is 2.09. The van der Waals surface area contributed by atoms with Crippen molar-refractivity contribution in [3.05, 3.63) is 18.1 Å². The molecule has 0 amide bonds. The fraction of sp³-hybridized carbons (Fsp3) is 0.364. The standard InChI is InChI=1S/C11H13N3O2/c1-3-5-8(4-2)14-10-6-9(11(15)16)12-7-13-10/h1,6-8H,4-5H2,2H3,(H,15,16)(H,12,13,14). The summed E-state index contributed by atoms with van der Waals surface area (Å²) in [7, 11) is 0. The van der Waals surface area contributed by atoms with Crippen LogP contribution in [0.25, 0.3) is 0 Å². The molecule has 0 spiro atoms. The van der Waals surface area contributed by atoms with Crippen molar-refractivity contribution < 1.29 is 9.90 Å². The van der Waals surface area contributed by atoms with Crippen molar-refractivity contribution >= 4 is 11.8 Å². The number of carboxylic acid groups (broad SMARTS) is 1. The van der Waals surface area contributed by atoms with Crippen LogP contribution in [0.15, 0.2) is 12.4 Å². The van der Waals surface area contributed by atoms with E-state index in [1.54, 1.807) is 0 Å². The first-order valence-corrected chi connectivity index (χ1v) is 4.92. The van der Waals surface area contributed by atoms with Crippen LogP contribution < -0.4 is 5.32 Å². The van der Waals surface area contributed by atoms with Gasteiger partial charge in [0.1, 0.15) is 12.1 Å². The minimum absolute atomic E-state index is 0.0342. The van der Waals surface area contributed by atoms with E-state index in [-0.39, 0.29) is 11.7 Å². The summed E-state index contributed by atoms with van der Waals surface area (Å²) in [5.41, 5.74) is -0.0342. The Hall–Kier alpha value is -2.09. The van der Waals surface area contributed by atoms with Gasteiger partial charge in [-0.15, -0.1) is 12.3 Å². The van der Waals surface area contributed by atoms with Gasteiger partial charge in [0.05, 0.1) is 0 Å². The molecule has 1 unspecified atom stereocenters. The summed E-state index contributed by atoms with van der Waals surface area (Å²) in [6.45, 7) is 1.99. The molecule has 1 aromatic heterocycles. The van der Waals surface area contributed by atoms with Crippen LogP contribution in [0.1, 0.15) is 30.3 Å². The first-order valence-electron chi connectivity index (χ1n) is 4.92. The molecule has 5 heteroatoms. The lowest BCUT2D eigenvalue weighted by molar-refractivity contribution is 0.0690. The zero-order valence-corrected chi connectivity index (χ0v) is 8.97. The number of hydrogen-bond acceptors (Lipinski definition) is 4. The summed E-state index contributed by atoms with van der Waals surface area (Å²) in [4.78, 5) is 18.2. The lowest BCUT2D eigenvalue weighted by atomic mass is 10.1. The van der Waals surface area contributed by atoms with Crippen LogP contribution in [0.2, 0.25) is 0 Å². The molecule has 16 heavy (non-hydrogen) atoms. The Labute approximate surface area is 93.9 Å².